The van der Waals surface area contributed by atoms with E-state index in [1.165, 1.54) is 24.6 Å². The lowest BCUT2D eigenvalue weighted by Gasteiger charge is -2.09. The van der Waals surface area contributed by atoms with Gasteiger partial charge in [0.05, 0.1) is 0 Å². The van der Waals surface area contributed by atoms with Crippen molar-refractivity contribution in [3.05, 3.63) is 48.0 Å². The average molecular weight is 335 g/mol. The first-order valence-electron chi connectivity index (χ1n) is 8.08. The molecule has 0 saturated heterocycles. The molecule has 23 heavy (non-hydrogen) atoms. The molecule has 4 heteroatoms. The van der Waals surface area contributed by atoms with E-state index in [9.17, 15) is 4.79 Å². The molecule has 1 amide bonds. The SMILES string of the molecule is CN(C)CCCCCCNC(=O)c1ccc2ccccc2c1.Cl. The van der Waals surface area contributed by atoms with E-state index < -0.39 is 0 Å². The van der Waals surface area contributed by atoms with E-state index in [0.717, 1.165) is 30.5 Å². The van der Waals surface area contributed by atoms with Gasteiger partial charge in [0.25, 0.3) is 5.91 Å². The fraction of sp³-hybridized carbons (Fsp3) is 0.421. The lowest BCUT2D eigenvalue weighted by Crippen LogP contribution is -2.24. The summed E-state index contributed by atoms with van der Waals surface area (Å²) in [5.41, 5.74) is 0.742. The van der Waals surface area contributed by atoms with Crippen molar-refractivity contribution >= 4 is 29.1 Å². The van der Waals surface area contributed by atoms with Crippen LogP contribution >= 0.6 is 12.4 Å². The molecule has 0 aromatic heterocycles. The fourth-order valence-electron chi connectivity index (χ4n) is 2.54. The molecule has 0 unspecified atom stereocenters. The number of halogens is 1. The van der Waals surface area contributed by atoms with Gasteiger partial charge in [0, 0.05) is 12.1 Å². The van der Waals surface area contributed by atoms with Crippen LogP contribution in [0.5, 0.6) is 0 Å². The minimum Gasteiger partial charge on any atom is -0.352 e. The van der Waals surface area contributed by atoms with Gasteiger partial charge in [-0.25, -0.2) is 0 Å². The predicted octanol–water partition coefficient (Wildman–Crippen LogP) is 4.11. The standard InChI is InChI=1S/C19H26N2O.ClH/c1-21(2)14-8-4-3-7-13-20-19(22)18-12-11-16-9-5-6-10-17(16)15-18;/h5-6,9-12,15H,3-4,7-8,13-14H2,1-2H3,(H,20,22);1H. The van der Waals surface area contributed by atoms with Crippen molar-refractivity contribution < 1.29 is 4.79 Å². The summed E-state index contributed by atoms with van der Waals surface area (Å²) in [6.45, 7) is 1.90. The highest BCUT2D eigenvalue weighted by Crippen LogP contribution is 2.15. The summed E-state index contributed by atoms with van der Waals surface area (Å²) in [6, 6.07) is 14.0. The number of nitrogens with zero attached hydrogens (tertiary/aromatic N) is 1. The molecule has 0 saturated carbocycles. The van der Waals surface area contributed by atoms with E-state index in [0.29, 0.717) is 0 Å². The quantitative estimate of drug-likeness (QED) is 0.737. The zero-order chi connectivity index (χ0) is 15.8. The molecule has 0 bridgehead atoms. The smallest absolute Gasteiger partial charge is 0.251 e. The monoisotopic (exact) mass is 334 g/mol. The normalized spacial score (nSPS) is 10.6. The Morgan fingerprint density at radius 3 is 2.39 bits per heavy atom. The molecule has 0 aliphatic heterocycles. The average Bonchev–Trinajstić information content (AvgIpc) is 2.53. The van der Waals surface area contributed by atoms with Crippen molar-refractivity contribution in [2.24, 2.45) is 0 Å². The van der Waals surface area contributed by atoms with Gasteiger partial charge in [-0.1, -0.05) is 43.2 Å². The van der Waals surface area contributed by atoms with Gasteiger partial charge in [-0.15, -0.1) is 12.4 Å². The summed E-state index contributed by atoms with van der Waals surface area (Å²) in [6.07, 6.45) is 4.67. The van der Waals surface area contributed by atoms with E-state index >= 15 is 0 Å². The highest BCUT2D eigenvalue weighted by Gasteiger charge is 2.05. The largest absolute Gasteiger partial charge is 0.352 e. The number of carbonyl (C=O) groups is 1. The van der Waals surface area contributed by atoms with Crippen LogP contribution in [0.3, 0.4) is 0 Å². The number of carbonyl (C=O) groups excluding carboxylic acids is 1. The van der Waals surface area contributed by atoms with Crippen molar-refractivity contribution in [3.63, 3.8) is 0 Å². The minimum atomic E-state index is 0. The van der Waals surface area contributed by atoms with Crippen molar-refractivity contribution in [3.8, 4) is 0 Å². The zero-order valence-corrected chi connectivity index (χ0v) is 14.9. The van der Waals surface area contributed by atoms with E-state index in [4.69, 9.17) is 0 Å². The van der Waals surface area contributed by atoms with Crippen molar-refractivity contribution in [1.82, 2.24) is 10.2 Å². The molecule has 0 atom stereocenters. The van der Waals surface area contributed by atoms with Crippen LogP contribution in [0.2, 0.25) is 0 Å². The first kappa shape index (κ1) is 19.5. The summed E-state index contributed by atoms with van der Waals surface area (Å²) in [4.78, 5) is 14.4. The number of benzene rings is 2. The maximum atomic E-state index is 12.1. The Kier molecular flexibility index (Phi) is 8.67. The van der Waals surface area contributed by atoms with Gasteiger partial charge in [-0.3, -0.25) is 4.79 Å². The van der Waals surface area contributed by atoms with E-state index in [-0.39, 0.29) is 18.3 Å². The molecule has 0 aliphatic rings. The van der Waals surface area contributed by atoms with Crippen LogP contribution < -0.4 is 5.32 Å². The van der Waals surface area contributed by atoms with Crippen molar-refractivity contribution in [2.75, 3.05) is 27.2 Å². The van der Waals surface area contributed by atoms with Crippen LogP contribution in [0.4, 0.5) is 0 Å². The highest BCUT2D eigenvalue weighted by atomic mass is 35.5. The molecule has 0 aliphatic carbocycles. The number of nitrogens with one attached hydrogen (secondary N) is 1. The summed E-state index contributed by atoms with van der Waals surface area (Å²) >= 11 is 0. The van der Waals surface area contributed by atoms with Gasteiger partial charge >= 0.3 is 0 Å². The minimum absolute atomic E-state index is 0. The first-order chi connectivity index (χ1) is 10.7. The third-order valence-corrected chi connectivity index (χ3v) is 3.83. The van der Waals surface area contributed by atoms with Gasteiger partial charge in [0.1, 0.15) is 0 Å². The van der Waals surface area contributed by atoms with Gasteiger partial charge in [0.2, 0.25) is 0 Å². The molecular weight excluding hydrogens is 308 g/mol. The van der Waals surface area contributed by atoms with Gasteiger partial charge in [-0.2, -0.15) is 0 Å². The molecule has 0 heterocycles. The highest BCUT2D eigenvalue weighted by molar-refractivity contribution is 5.98. The second kappa shape index (κ2) is 10.2. The Labute approximate surface area is 145 Å². The van der Waals surface area contributed by atoms with Crippen LogP contribution in [0.25, 0.3) is 10.8 Å². The third-order valence-electron chi connectivity index (χ3n) is 3.83. The summed E-state index contributed by atoms with van der Waals surface area (Å²) in [5, 5.41) is 5.29. The Bertz CT molecular complexity index is 613. The second-order valence-electron chi connectivity index (χ2n) is 6.04. The zero-order valence-electron chi connectivity index (χ0n) is 14.0. The van der Waals surface area contributed by atoms with Gasteiger partial charge in [0.15, 0.2) is 0 Å². The van der Waals surface area contributed by atoms with Crippen molar-refractivity contribution in [1.29, 1.82) is 0 Å². The first-order valence-corrected chi connectivity index (χ1v) is 8.08. The molecule has 2 rings (SSSR count). The molecule has 2 aromatic rings. The Hall–Kier alpha value is -1.58. The van der Waals surface area contributed by atoms with Gasteiger partial charge < -0.3 is 10.2 Å². The molecular formula is C19H27ClN2O. The van der Waals surface area contributed by atoms with Crippen LogP contribution in [-0.2, 0) is 0 Å². The number of hydrogen-bond acceptors (Lipinski definition) is 2. The summed E-state index contributed by atoms with van der Waals surface area (Å²) < 4.78 is 0. The van der Waals surface area contributed by atoms with Crippen LogP contribution in [-0.4, -0.2) is 38.0 Å². The van der Waals surface area contributed by atoms with Crippen LogP contribution in [0.15, 0.2) is 42.5 Å². The molecule has 2 aromatic carbocycles. The lowest BCUT2D eigenvalue weighted by atomic mass is 10.1. The van der Waals surface area contributed by atoms with Crippen LogP contribution in [0, 0.1) is 0 Å². The summed E-state index contributed by atoms with van der Waals surface area (Å²) in [7, 11) is 4.20. The molecule has 0 fully saturated rings. The Morgan fingerprint density at radius 2 is 1.65 bits per heavy atom. The van der Waals surface area contributed by atoms with Crippen molar-refractivity contribution in [2.45, 2.75) is 25.7 Å². The number of fused-ring (bicyclic) bond motifs is 1. The number of rotatable bonds is 8. The molecule has 126 valence electrons. The Balaban J connectivity index is 0.00000264. The number of amides is 1. The maximum absolute atomic E-state index is 12.1. The lowest BCUT2D eigenvalue weighted by molar-refractivity contribution is 0.0953. The summed E-state index contributed by atoms with van der Waals surface area (Å²) in [5.74, 6) is 0.0269. The van der Waals surface area contributed by atoms with E-state index in [2.05, 4.69) is 30.4 Å². The molecule has 0 spiro atoms. The maximum Gasteiger partial charge on any atom is 0.251 e. The third kappa shape index (κ3) is 6.59. The Morgan fingerprint density at radius 1 is 0.957 bits per heavy atom. The molecule has 1 N–H and O–H groups in total. The fourth-order valence-corrected chi connectivity index (χ4v) is 2.54. The number of unbranched alkanes of at least 4 members (excludes halogenated alkanes) is 3. The second-order valence-corrected chi connectivity index (χ2v) is 6.04. The molecule has 3 nitrogen and oxygen atoms in total. The van der Waals surface area contributed by atoms with E-state index in [1.807, 2.05) is 36.4 Å². The predicted molar refractivity (Wildman–Crippen MR) is 101 cm³/mol. The van der Waals surface area contributed by atoms with Crippen LogP contribution in [0.1, 0.15) is 36.0 Å². The van der Waals surface area contributed by atoms with Gasteiger partial charge in [-0.05, 0) is 56.4 Å². The van der Waals surface area contributed by atoms with E-state index in [1.54, 1.807) is 0 Å². The topological polar surface area (TPSA) is 32.3 Å². The molecule has 0 radical (unpaired) electrons. The number of hydrogen-bond donors (Lipinski definition) is 1.